The van der Waals surface area contributed by atoms with Crippen LogP contribution in [0.1, 0.15) is 31.4 Å². The minimum atomic E-state index is -0.410. The van der Waals surface area contributed by atoms with Crippen LogP contribution >= 0.6 is 0 Å². The van der Waals surface area contributed by atoms with Crippen LogP contribution in [0.3, 0.4) is 0 Å². The highest BCUT2D eigenvalue weighted by Crippen LogP contribution is 2.24. The van der Waals surface area contributed by atoms with Gasteiger partial charge in [-0.3, -0.25) is 19.5 Å². The molecule has 0 radical (unpaired) electrons. The standard InChI is InChI=1S/C19H28N4O3/c24-14-18(25)22-10-6-17(7-11-22)23-9-3-4-15(13-23)19(26)21-12-16-5-1-2-8-20-16/h1-2,5,8,15,17,24H,3-4,6-7,9-14H2,(H,21,26)/t15-/m1/s1. The molecule has 3 heterocycles. The van der Waals surface area contributed by atoms with Gasteiger partial charge in [0.25, 0.3) is 0 Å². The second-order valence-corrected chi connectivity index (χ2v) is 7.14. The Morgan fingerprint density at radius 2 is 2.00 bits per heavy atom. The number of hydrogen-bond donors (Lipinski definition) is 2. The van der Waals surface area contributed by atoms with E-state index in [-0.39, 0.29) is 17.7 Å². The highest BCUT2D eigenvalue weighted by Gasteiger charge is 2.32. The van der Waals surface area contributed by atoms with Crippen LogP contribution in [0.4, 0.5) is 0 Å². The van der Waals surface area contributed by atoms with E-state index < -0.39 is 6.61 Å². The number of aliphatic hydroxyl groups excluding tert-OH is 1. The molecule has 0 spiro atoms. The van der Waals surface area contributed by atoms with Gasteiger partial charge >= 0.3 is 0 Å². The van der Waals surface area contributed by atoms with E-state index in [9.17, 15) is 9.59 Å². The number of hydrogen-bond acceptors (Lipinski definition) is 5. The molecule has 1 atom stereocenters. The fraction of sp³-hybridized carbons (Fsp3) is 0.632. The normalized spacial score (nSPS) is 22.2. The van der Waals surface area contributed by atoms with Gasteiger partial charge in [-0.1, -0.05) is 6.07 Å². The number of likely N-dealkylation sites (tertiary alicyclic amines) is 2. The van der Waals surface area contributed by atoms with Crippen molar-refractivity contribution in [2.24, 2.45) is 5.92 Å². The lowest BCUT2D eigenvalue weighted by atomic mass is 9.93. The lowest BCUT2D eigenvalue weighted by Crippen LogP contribution is -2.51. The summed E-state index contributed by atoms with van der Waals surface area (Å²) in [6, 6.07) is 6.12. The molecule has 0 aromatic carbocycles. The number of piperidine rings is 2. The Morgan fingerprint density at radius 3 is 2.69 bits per heavy atom. The Labute approximate surface area is 154 Å². The summed E-state index contributed by atoms with van der Waals surface area (Å²) in [5.41, 5.74) is 0.870. The first-order valence-electron chi connectivity index (χ1n) is 9.47. The van der Waals surface area contributed by atoms with E-state index in [4.69, 9.17) is 5.11 Å². The van der Waals surface area contributed by atoms with Gasteiger partial charge in [-0.05, 0) is 44.4 Å². The zero-order valence-corrected chi connectivity index (χ0v) is 15.1. The molecule has 2 amide bonds. The molecule has 2 fully saturated rings. The number of rotatable bonds is 5. The lowest BCUT2D eigenvalue weighted by Gasteiger charge is -2.42. The minimum absolute atomic E-state index is 0.0181. The zero-order chi connectivity index (χ0) is 18.4. The zero-order valence-electron chi connectivity index (χ0n) is 15.1. The number of carbonyl (C=O) groups excluding carboxylic acids is 2. The Kier molecular flexibility index (Phi) is 6.57. The van der Waals surface area contributed by atoms with Crippen molar-refractivity contribution in [3.05, 3.63) is 30.1 Å². The third-order valence-electron chi connectivity index (χ3n) is 5.46. The average molecular weight is 360 g/mol. The SMILES string of the molecule is O=C(NCc1ccccn1)[C@@H]1CCCN(C2CCN(C(=O)CO)CC2)C1. The Balaban J connectivity index is 1.46. The van der Waals surface area contributed by atoms with Crippen LogP contribution in [0.5, 0.6) is 0 Å². The monoisotopic (exact) mass is 360 g/mol. The van der Waals surface area contributed by atoms with Crippen molar-refractivity contribution >= 4 is 11.8 Å². The maximum Gasteiger partial charge on any atom is 0.248 e. The lowest BCUT2D eigenvalue weighted by molar-refractivity contribution is -0.135. The van der Waals surface area contributed by atoms with Gasteiger partial charge in [0.2, 0.25) is 11.8 Å². The molecule has 3 rings (SSSR count). The summed E-state index contributed by atoms with van der Waals surface area (Å²) < 4.78 is 0. The van der Waals surface area contributed by atoms with Crippen LogP contribution in [0, 0.1) is 5.92 Å². The van der Waals surface area contributed by atoms with Gasteiger partial charge in [-0.15, -0.1) is 0 Å². The van der Waals surface area contributed by atoms with E-state index in [0.29, 0.717) is 25.7 Å². The third-order valence-corrected chi connectivity index (χ3v) is 5.46. The molecule has 0 bridgehead atoms. The van der Waals surface area contributed by atoms with Crippen LogP contribution in [0.25, 0.3) is 0 Å². The molecule has 2 aliphatic rings. The van der Waals surface area contributed by atoms with Gasteiger partial charge in [-0.2, -0.15) is 0 Å². The summed E-state index contributed by atoms with van der Waals surface area (Å²) in [4.78, 5) is 32.5. The fourth-order valence-corrected chi connectivity index (χ4v) is 3.96. The second kappa shape index (κ2) is 9.09. The maximum absolute atomic E-state index is 12.5. The molecule has 2 saturated heterocycles. The molecule has 7 heteroatoms. The number of nitrogens with one attached hydrogen (secondary N) is 1. The third kappa shape index (κ3) is 4.80. The predicted molar refractivity (Wildman–Crippen MR) is 97.1 cm³/mol. The molecule has 0 saturated carbocycles. The van der Waals surface area contributed by atoms with Gasteiger partial charge in [0.15, 0.2) is 0 Å². The molecule has 142 valence electrons. The summed E-state index contributed by atoms with van der Waals surface area (Å²) in [7, 11) is 0. The van der Waals surface area contributed by atoms with Crippen molar-refractivity contribution in [2.75, 3.05) is 32.8 Å². The Hall–Kier alpha value is -1.99. The molecule has 2 aliphatic heterocycles. The number of nitrogens with zero attached hydrogens (tertiary/aromatic N) is 3. The Bertz CT molecular complexity index is 602. The van der Waals surface area contributed by atoms with Gasteiger partial charge in [0.05, 0.1) is 18.2 Å². The number of amides is 2. The van der Waals surface area contributed by atoms with Crippen LogP contribution in [0.15, 0.2) is 24.4 Å². The van der Waals surface area contributed by atoms with Crippen molar-refractivity contribution in [1.82, 2.24) is 20.1 Å². The summed E-state index contributed by atoms with van der Waals surface area (Å²) in [6.45, 7) is 3.24. The molecule has 26 heavy (non-hydrogen) atoms. The first kappa shape index (κ1) is 18.8. The summed E-state index contributed by atoms with van der Waals surface area (Å²) in [5.74, 6) is -0.0633. The van der Waals surface area contributed by atoms with Crippen molar-refractivity contribution in [1.29, 1.82) is 0 Å². The van der Waals surface area contributed by atoms with Crippen molar-refractivity contribution in [2.45, 2.75) is 38.3 Å². The Morgan fingerprint density at radius 1 is 1.19 bits per heavy atom. The topological polar surface area (TPSA) is 85.8 Å². The van der Waals surface area contributed by atoms with E-state index in [1.807, 2.05) is 18.2 Å². The van der Waals surface area contributed by atoms with E-state index in [2.05, 4.69) is 15.2 Å². The van der Waals surface area contributed by atoms with Gasteiger partial charge < -0.3 is 15.3 Å². The average Bonchev–Trinajstić information content (AvgIpc) is 2.72. The van der Waals surface area contributed by atoms with Crippen LogP contribution in [0.2, 0.25) is 0 Å². The van der Waals surface area contributed by atoms with Gasteiger partial charge in [0.1, 0.15) is 6.61 Å². The van der Waals surface area contributed by atoms with Crippen molar-refractivity contribution in [3.8, 4) is 0 Å². The van der Waals surface area contributed by atoms with Gasteiger partial charge in [-0.25, -0.2) is 0 Å². The van der Waals surface area contributed by atoms with E-state index in [1.54, 1.807) is 11.1 Å². The minimum Gasteiger partial charge on any atom is -0.387 e. The van der Waals surface area contributed by atoms with Crippen LogP contribution in [-0.4, -0.2) is 70.5 Å². The number of aliphatic hydroxyl groups is 1. The first-order chi connectivity index (χ1) is 12.7. The quantitative estimate of drug-likeness (QED) is 0.794. The largest absolute Gasteiger partial charge is 0.387 e. The number of aromatic nitrogens is 1. The molecular formula is C19H28N4O3. The summed E-state index contributed by atoms with van der Waals surface area (Å²) in [6.07, 6.45) is 5.50. The van der Waals surface area contributed by atoms with Crippen LogP contribution in [-0.2, 0) is 16.1 Å². The van der Waals surface area contributed by atoms with Crippen molar-refractivity contribution < 1.29 is 14.7 Å². The van der Waals surface area contributed by atoms with E-state index >= 15 is 0 Å². The van der Waals surface area contributed by atoms with Gasteiger partial charge in [0, 0.05) is 31.9 Å². The molecule has 1 aromatic heterocycles. The number of carbonyl (C=O) groups is 2. The maximum atomic E-state index is 12.5. The molecule has 1 aromatic rings. The molecular weight excluding hydrogens is 332 g/mol. The summed E-state index contributed by atoms with van der Waals surface area (Å²) >= 11 is 0. The molecule has 0 unspecified atom stereocenters. The predicted octanol–water partition coefficient (Wildman–Crippen LogP) is 0.393. The molecule has 7 nitrogen and oxygen atoms in total. The fourth-order valence-electron chi connectivity index (χ4n) is 3.96. The summed E-state index contributed by atoms with van der Waals surface area (Å²) in [5, 5.41) is 12.0. The first-order valence-corrected chi connectivity index (χ1v) is 9.47. The van der Waals surface area contributed by atoms with E-state index in [1.165, 1.54) is 0 Å². The highest BCUT2D eigenvalue weighted by atomic mass is 16.3. The number of pyridine rings is 1. The molecule has 0 aliphatic carbocycles. The second-order valence-electron chi connectivity index (χ2n) is 7.14. The van der Waals surface area contributed by atoms with Crippen LogP contribution < -0.4 is 5.32 Å². The highest BCUT2D eigenvalue weighted by molar-refractivity contribution is 5.79. The van der Waals surface area contributed by atoms with E-state index in [0.717, 1.165) is 44.5 Å². The van der Waals surface area contributed by atoms with Crippen molar-refractivity contribution in [3.63, 3.8) is 0 Å². The smallest absolute Gasteiger partial charge is 0.248 e. The molecule has 2 N–H and O–H groups in total.